The molecule has 1 aromatic heterocycles. The minimum atomic E-state index is -2.39. The van der Waals surface area contributed by atoms with E-state index >= 15 is 0 Å². The van der Waals surface area contributed by atoms with Gasteiger partial charge in [-0.25, -0.2) is 0 Å². The molecule has 0 fully saturated rings. The van der Waals surface area contributed by atoms with Crippen molar-refractivity contribution in [3.8, 4) is 0 Å². The van der Waals surface area contributed by atoms with Crippen molar-refractivity contribution in [2.24, 2.45) is 5.92 Å². The van der Waals surface area contributed by atoms with Gasteiger partial charge in [0.25, 0.3) is 5.76 Å². The number of furan rings is 1. The molecule has 4 nitrogen and oxygen atoms in total. The van der Waals surface area contributed by atoms with Gasteiger partial charge in [-0.05, 0) is 29.8 Å². The Morgan fingerprint density at radius 3 is 2.40 bits per heavy atom. The van der Waals surface area contributed by atoms with Crippen LogP contribution in [0.25, 0.3) is 0 Å². The van der Waals surface area contributed by atoms with Crippen molar-refractivity contribution in [1.29, 1.82) is 0 Å². The number of benzene rings is 1. The summed E-state index contributed by atoms with van der Waals surface area (Å²) in [7, 11) is 0. The average molecular weight is 368 g/mol. The molecule has 0 radical (unpaired) electrons. The lowest BCUT2D eigenvalue weighted by Crippen LogP contribution is -2.17. The van der Waals surface area contributed by atoms with Crippen LogP contribution in [0.2, 0.25) is 0 Å². The monoisotopic (exact) mass is 368 g/mol. The number of amides is 1. The van der Waals surface area contributed by atoms with Gasteiger partial charge in [-0.15, -0.1) is 0 Å². The molecule has 2 N–H and O–H groups in total. The molecule has 1 heterocycles. The normalized spacial score (nSPS) is 11.3. The number of anilines is 1. The summed E-state index contributed by atoms with van der Waals surface area (Å²) in [5.74, 6) is -1.03. The van der Waals surface area contributed by atoms with Gasteiger partial charge >= 0.3 is 0 Å². The molecule has 0 bridgehead atoms. The fourth-order valence-corrected chi connectivity index (χ4v) is 2.51. The predicted octanol–water partition coefficient (Wildman–Crippen LogP) is 4.62. The van der Waals surface area contributed by atoms with Gasteiger partial charge in [-0.3, -0.25) is 4.79 Å². The molecule has 0 unspecified atom stereocenters. The highest BCUT2D eigenvalue weighted by molar-refractivity contribution is 7.98. The Hall–Kier alpha value is -1.86. The van der Waals surface area contributed by atoms with Crippen LogP contribution in [0.1, 0.15) is 30.9 Å². The summed E-state index contributed by atoms with van der Waals surface area (Å²) in [4.78, 5) is 11.6. The molecule has 0 spiro atoms. The molecule has 7 heteroatoms. The van der Waals surface area contributed by atoms with Crippen LogP contribution in [-0.4, -0.2) is 11.7 Å². The summed E-state index contributed by atoms with van der Waals surface area (Å²) in [5.41, 5.74) is 1.84. The Morgan fingerprint density at radius 1 is 1.08 bits per heavy atom. The quantitative estimate of drug-likeness (QED) is 0.678. The number of carbonyl (C=O) groups excluding carboxylic acids is 1. The van der Waals surface area contributed by atoms with E-state index in [2.05, 4.69) is 10.6 Å². The number of carbonyl (C=O) groups is 1. The summed E-state index contributed by atoms with van der Waals surface area (Å²) in [5, 5.41) is 6.08. The van der Waals surface area contributed by atoms with E-state index in [4.69, 9.17) is 4.42 Å². The van der Waals surface area contributed by atoms with Crippen molar-refractivity contribution in [2.45, 2.75) is 38.4 Å². The maximum absolute atomic E-state index is 12.1. The van der Waals surface area contributed by atoms with Crippen LogP contribution in [0.5, 0.6) is 0 Å². The fourth-order valence-electron chi connectivity index (χ4n) is 2.06. The van der Waals surface area contributed by atoms with E-state index in [-0.39, 0.29) is 17.6 Å². The minimum absolute atomic E-state index is 0.00972. The zero-order valence-corrected chi connectivity index (χ0v) is 15.0. The largest absolute Gasteiger partial charge is 0.464 e. The molecule has 0 atom stereocenters. The first-order valence-corrected chi connectivity index (χ1v) is 9.07. The number of alkyl halides is 2. The van der Waals surface area contributed by atoms with Crippen molar-refractivity contribution in [3.05, 3.63) is 53.5 Å². The number of thioether (sulfide) groups is 1. The van der Waals surface area contributed by atoms with E-state index in [1.807, 2.05) is 38.1 Å². The molecule has 1 amide bonds. The number of rotatable bonds is 9. The van der Waals surface area contributed by atoms with E-state index in [0.29, 0.717) is 36.4 Å². The third kappa shape index (κ3) is 6.88. The molecule has 0 aliphatic heterocycles. The van der Waals surface area contributed by atoms with E-state index < -0.39 is 5.76 Å². The van der Waals surface area contributed by atoms with Crippen molar-refractivity contribution in [3.63, 3.8) is 0 Å². The lowest BCUT2D eigenvalue weighted by Gasteiger charge is -2.09. The molecule has 0 aliphatic carbocycles. The van der Waals surface area contributed by atoms with Gasteiger partial charge < -0.3 is 15.1 Å². The maximum Gasteiger partial charge on any atom is 0.284 e. The van der Waals surface area contributed by atoms with Gasteiger partial charge in [0.15, 0.2) is 0 Å². The van der Waals surface area contributed by atoms with E-state index in [9.17, 15) is 13.6 Å². The number of hydrogen-bond donors (Lipinski definition) is 2. The highest BCUT2D eigenvalue weighted by atomic mass is 32.2. The summed E-state index contributed by atoms with van der Waals surface area (Å²) >= 11 is 0.548. The van der Waals surface area contributed by atoms with E-state index in [0.717, 1.165) is 11.3 Å². The Morgan fingerprint density at radius 2 is 1.76 bits per heavy atom. The molecule has 0 saturated heterocycles. The molecule has 1 aromatic carbocycles. The van der Waals surface area contributed by atoms with Crippen LogP contribution < -0.4 is 10.6 Å². The SMILES string of the molecule is CC(C)C(=O)Nc1ccc(CNCc2ccc(CSC(F)F)o2)cc1. The number of hydrogen-bond acceptors (Lipinski definition) is 4. The molecule has 0 saturated carbocycles. The Kier molecular flexibility index (Phi) is 7.46. The van der Waals surface area contributed by atoms with E-state index in [1.54, 1.807) is 12.1 Å². The smallest absolute Gasteiger partial charge is 0.284 e. The first kappa shape index (κ1) is 19.5. The summed E-state index contributed by atoms with van der Waals surface area (Å²) < 4.78 is 29.8. The predicted molar refractivity (Wildman–Crippen MR) is 96.5 cm³/mol. The molecular formula is C18H22F2N2O2S. The highest BCUT2D eigenvalue weighted by Crippen LogP contribution is 2.21. The van der Waals surface area contributed by atoms with Gasteiger partial charge in [0.2, 0.25) is 5.91 Å². The summed E-state index contributed by atoms with van der Waals surface area (Å²) in [6, 6.07) is 11.1. The maximum atomic E-state index is 12.1. The minimum Gasteiger partial charge on any atom is -0.464 e. The zero-order valence-electron chi connectivity index (χ0n) is 14.2. The summed E-state index contributed by atoms with van der Waals surface area (Å²) in [6.07, 6.45) is 0. The first-order chi connectivity index (χ1) is 11.9. The first-order valence-electron chi connectivity index (χ1n) is 8.02. The standard InChI is InChI=1S/C18H22F2N2O2S/c1-12(2)17(23)22-14-5-3-13(4-6-14)9-21-10-15-7-8-16(24-15)11-25-18(19)20/h3-8,12,18,21H,9-11H2,1-2H3,(H,22,23). The van der Waals surface area contributed by atoms with Gasteiger partial charge in [0.1, 0.15) is 11.5 Å². The lowest BCUT2D eigenvalue weighted by molar-refractivity contribution is -0.118. The number of nitrogens with one attached hydrogen (secondary N) is 2. The van der Waals surface area contributed by atoms with Crippen LogP contribution in [0, 0.1) is 5.92 Å². The van der Waals surface area contributed by atoms with Gasteiger partial charge in [0, 0.05) is 18.2 Å². The Balaban J connectivity index is 1.75. The second-order valence-electron chi connectivity index (χ2n) is 5.88. The number of halogens is 2. The fraction of sp³-hybridized carbons (Fsp3) is 0.389. The van der Waals surface area contributed by atoms with Crippen LogP contribution >= 0.6 is 11.8 Å². The zero-order chi connectivity index (χ0) is 18.2. The second-order valence-corrected chi connectivity index (χ2v) is 6.86. The van der Waals surface area contributed by atoms with Crippen LogP contribution in [0.3, 0.4) is 0 Å². The molecule has 0 aliphatic rings. The van der Waals surface area contributed by atoms with Crippen molar-refractivity contribution >= 4 is 23.4 Å². The Bertz CT molecular complexity index is 672. The lowest BCUT2D eigenvalue weighted by atomic mass is 10.1. The van der Waals surface area contributed by atoms with Gasteiger partial charge in [0.05, 0.1) is 12.3 Å². The summed E-state index contributed by atoms with van der Waals surface area (Å²) in [6.45, 7) is 4.85. The van der Waals surface area contributed by atoms with Gasteiger partial charge in [-0.2, -0.15) is 8.78 Å². The molecule has 136 valence electrons. The van der Waals surface area contributed by atoms with Gasteiger partial charge in [-0.1, -0.05) is 37.7 Å². The Labute approximate surface area is 150 Å². The van der Waals surface area contributed by atoms with Crippen LogP contribution in [0.4, 0.5) is 14.5 Å². The van der Waals surface area contributed by atoms with Crippen molar-refractivity contribution in [2.75, 3.05) is 5.32 Å². The molecule has 2 rings (SSSR count). The average Bonchev–Trinajstić information content (AvgIpc) is 3.02. The van der Waals surface area contributed by atoms with Crippen molar-refractivity contribution < 1.29 is 18.0 Å². The highest BCUT2D eigenvalue weighted by Gasteiger charge is 2.08. The second kappa shape index (κ2) is 9.58. The van der Waals surface area contributed by atoms with Crippen LogP contribution in [-0.2, 0) is 23.6 Å². The molecule has 2 aromatic rings. The topological polar surface area (TPSA) is 54.3 Å². The molecular weight excluding hydrogens is 346 g/mol. The third-order valence-electron chi connectivity index (χ3n) is 3.44. The van der Waals surface area contributed by atoms with E-state index in [1.165, 1.54) is 0 Å². The van der Waals surface area contributed by atoms with Crippen LogP contribution in [0.15, 0.2) is 40.8 Å². The third-order valence-corrected chi connectivity index (χ3v) is 4.15. The van der Waals surface area contributed by atoms with Crippen molar-refractivity contribution in [1.82, 2.24) is 5.32 Å². The molecule has 25 heavy (non-hydrogen) atoms.